The molecule has 2 aromatic carbocycles. The molecule has 0 aromatic heterocycles. The second kappa shape index (κ2) is 11.9. The number of carbonyl (C=O) groups excluding carboxylic acids is 2. The molecule has 0 spiro atoms. The summed E-state index contributed by atoms with van der Waals surface area (Å²) >= 11 is 0. The van der Waals surface area contributed by atoms with E-state index in [1.54, 1.807) is 12.1 Å². The van der Waals surface area contributed by atoms with Crippen molar-refractivity contribution in [2.24, 2.45) is 17.8 Å². The number of fused-ring (bicyclic) bond motifs is 1. The minimum atomic E-state index is -1.01. The molecule has 4 rings (SSSR count). The standard InChI is InChI=1S/C30H35NO6/c1-2-14-31-29(36)23-16-22(17-32)27(24(18-33)28(23)30(31)37)26(35)13-12-20(19-8-4-3-5-9-19)15-21-10-6-7-11-25(21)34/h3-11,15,23-24,26,28,32-35H,2,12-14,16-18H2,1H3/b20-15-/t23-,24+,26-,28-/m1/s1. The van der Waals surface area contributed by atoms with Gasteiger partial charge in [0.25, 0.3) is 0 Å². The number of hydrogen-bond acceptors (Lipinski definition) is 6. The van der Waals surface area contributed by atoms with E-state index in [9.17, 15) is 30.0 Å². The first kappa shape index (κ1) is 26.8. The number of benzene rings is 2. The van der Waals surface area contributed by atoms with E-state index in [-0.39, 0.29) is 37.0 Å². The molecular formula is C30H35NO6. The number of hydrogen-bond donors (Lipinski definition) is 4. The summed E-state index contributed by atoms with van der Waals surface area (Å²) in [7, 11) is 0. The number of phenolic OH excluding ortho intramolecular Hbond substituents is 1. The molecule has 1 fully saturated rings. The largest absolute Gasteiger partial charge is 0.507 e. The van der Waals surface area contributed by atoms with E-state index in [2.05, 4.69) is 0 Å². The highest BCUT2D eigenvalue weighted by Gasteiger charge is 2.54. The number of likely N-dealkylation sites (tertiary alicyclic amines) is 1. The fourth-order valence-electron chi connectivity index (χ4n) is 5.81. The van der Waals surface area contributed by atoms with Crippen LogP contribution in [-0.4, -0.2) is 63.0 Å². The Hall–Kier alpha value is -3.26. The van der Waals surface area contributed by atoms with Crippen LogP contribution in [0.4, 0.5) is 0 Å². The van der Waals surface area contributed by atoms with E-state index in [4.69, 9.17) is 0 Å². The van der Waals surface area contributed by atoms with Gasteiger partial charge in [-0.2, -0.15) is 0 Å². The van der Waals surface area contributed by atoms with Crippen LogP contribution in [-0.2, 0) is 9.59 Å². The number of aromatic hydroxyl groups is 1. The summed E-state index contributed by atoms with van der Waals surface area (Å²) in [4.78, 5) is 27.4. The molecule has 7 nitrogen and oxygen atoms in total. The molecule has 1 aliphatic carbocycles. The van der Waals surface area contributed by atoms with Gasteiger partial charge in [-0.25, -0.2) is 0 Å². The quantitative estimate of drug-likeness (QED) is 0.223. The summed E-state index contributed by atoms with van der Waals surface area (Å²) in [6, 6.07) is 16.7. The Labute approximate surface area is 217 Å². The van der Waals surface area contributed by atoms with Crippen LogP contribution < -0.4 is 0 Å². The van der Waals surface area contributed by atoms with Gasteiger partial charge in [0, 0.05) is 18.0 Å². The molecule has 0 unspecified atom stereocenters. The fourth-order valence-corrected chi connectivity index (χ4v) is 5.81. The number of amides is 2. The highest BCUT2D eigenvalue weighted by Crippen LogP contribution is 2.46. The highest BCUT2D eigenvalue weighted by molar-refractivity contribution is 6.05. The molecule has 4 N–H and O–H groups in total. The average Bonchev–Trinajstić information content (AvgIpc) is 3.15. The van der Waals surface area contributed by atoms with Crippen molar-refractivity contribution in [3.8, 4) is 5.75 Å². The number of rotatable bonds is 10. The molecule has 0 bridgehead atoms. The molecule has 1 heterocycles. The number of nitrogens with zero attached hydrogens (tertiary/aromatic N) is 1. The van der Waals surface area contributed by atoms with E-state index in [1.165, 1.54) is 4.90 Å². The van der Waals surface area contributed by atoms with Crippen molar-refractivity contribution in [2.75, 3.05) is 19.8 Å². The molecule has 1 aliphatic heterocycles. The number of aliphatic hydroxyl groups excluding tert-OH is 3. The van der Waals surface area contributed by atoms with Crippen molar-refractivity contribution < 1.29 is 30.0 Å². The maximum absolute atomic E-state index is 13.2. The Morgan fingerprint density at radius 3 is 2.41 bits per heavy atom. The van der Waals surface area contributed by atoms with E-state index < -0.39 is 30.5 Å². The number of allylic oxidation sites excluding steroid dienone is 1. The van der Waals surface area contributed by atoms with Crippen LogP contribution in [0.25, 0.3) is 11.6 Å². The minimum Gasteiger partial charge on any atom is -0.507 e. The lowest BCUT2D eigenvalue weighted by Crippen LogP contribution is -2.39. The first-order valence-electron chi connectivity index (χ1n) is 12.9. The fraction of sp³-hybridized carbons (Fsp3) is 0.400. The molecule has 7 heteroatoms. The average molecular weight is 506 g/mol. The second-order valence-electron chi connectivity index (χ2n) is 9.82. The van der Waals surface area contributed by atoms with Crippen LogP contribution in [0.5, 0.6) is 5.75 Å². The first-order valence-corrected chi connectivity index (χ1v) is 12.9. The monoisotopic (exact) mass is 505 g/mol. The maximum Gasteiger partial charge on any atom is 0.233 e. The van der Waals surface area contributed by atoms with Crippen molar-refractivity contribution in [1.82, 2.24) is 4.90 Å². The van der Waals surface area contributed by atoms with Crippen LogP contribution in [0.1, 0.15) is 43.7 Å². The summed E-state index contributed by atoms with van der Waals surface area (Å²) in [5.74, 6) is -2.48. The molecule has 2 aromatic rings. The van der Waals surface area contributed by atoms with Crippen LogP contribution in [0.2, 0.25) is 0 Å². The minimum absolute atomic E-state index is 0.154. The van der Waals surface area contributed by atoms with Gasteiger partial charge in [0.1, 0.15) is 5.75 Å². The third kappa shape index (κ3) is 5.39. The Balaban J connectivity index is 1.62. The van der Waals surface area contributed by atoms with E-state index >= 15 is 0 Å². The third-order valence-electron chi connectivity index (χ3n) is 7.57. The molecule has 1 saturated heterocycles. The van der Waals surface area contributed by atoms with Crippen LogP contribution in [0.15, 0.2) is 65.7 Å². The zero-order valence-electron chi connectivity index (χ0n) is 21.1. The summed E-state index contributed by atoms with van der Waals surface area (Å²) in [6.07, 6.45) is 2.45. The SMILES string of the molecule is CCCN1C(=O)[C@@H]2[C@@H](CC(CO)=C([C@H](O)CC/C(=C/c3ccccc3O)c3ccccc3)[C@@H]2CO)C1=O. The Bertz CT molecular complexity index is 1190. The van der Waals surface area contributed by atoms with Crippen LogP contribution in [0, 0.1) is 17.8 Å². The third-order valence-corrected chi connectivity index (χ3v) is 7.57. The Morgan fingerprint density at radius 2 is 1.76 bits per heavy atom. The van der Waals surface area contributed by atoms with Crippen molar-refractivity contribution in [3.05, 3.63) is 76.9 Å². The predicted octanol–water partition coefficient (Wildman–Crippen LogP) is 3.39. The molecule has 37 heavy (non-hydrogen) atoms. The lowest BCUT2D eigenvalue weighted by Gasteiger charge is -2.36. The summed E-state index contributed by atoms with van der Waals surface area (Å²) in [6.45, 7) is 1.48. The summed E-state index contributed by atoms with van der Waals surface area (Å²) in [5.41, 5.74) is 3.51. The van der Waals surface area contributed by atoms with Gasteiger partial charge >= 0.3 is 0 Å². The van der Waals surface area contributed by atoms with Gasteiger partial charge in [-0.15, -0.1) is 0 Å². The van der Waals surface area contributed by atoms with Gasteiger partial charge in [0.05, 0.1) is 31.2 Å². The van der Waals surface area contributed by atoms with Gasteiger partial charge < -0.3 is 20.4 Å². The predicted molar refractivity (Wildman–Crippen MR) is 141 cm³/mol. The van der Waals surface area contributed by atoms with Gasteiger partial charge in [-0.3, -0.25) is 14.5 Å². The maximum atomic E-state index is 13.2. The lowest BCUT2D eigenvalue weighted by molar-refractivity contribution is -0.140. The smallest absolute Gasteiger partial charge is 0.233 e. The first-order chi connectivity index (χ1) is 17.9. The zero-order valence-corrected chi connectivity index (χ0v) is 21.1. The molecule has 196 valence electrons. The lowest BCUT2D eigenvalue weighted by atomic mass is 9.68. The topological polar surface area (TPSA) is 118 Å². The zero-order chi connectivity index (χ0) is 26.5. The van der Waals surface area contributed by atoms with Gasteiger partial charge in [0.2, 0.25) is 11.8 Å². The van der Waals surface area contributed by atoms with Gasteiger partial charge in [0.15, 0.2) is 0 Å². The van der Waals surface area contributed by atoms with Crippen LogP contribution >= 0.6 is 0 Å². The summed E-state index contributed by atoms with van der Waals surface area (Å²) < 4.78 is 0. The molecule has 2 aliphatic rings. The normalized spacial score (nSPS) is 23.0. The number of aliphatic hydroxyl groups is 3. The molecular weight excluding hydrogens is 470 g/mol. The Morgan fingerprint density at radius 1 is 1.05 bits per heavy atom. The molecule has 0 saturated carbocycles. The summed E-state index contributed by atoms with van der Waals surface area (Å²) in [5, 5.41) is 42.1. The van der Waals surface area contributed by atoms with Crippen molar-refractivity contribution in [2.45, 2.75) is 38.7 Å². The van der Waals surface area contributed by atoms with Gasteiger partial charge in [-0.1, -0.05) is 55.5 Å². The number of phenols is 1. The number of para-hydroxylation sites is 1. The van der Waals surface area contributed by atoms with Crippen molar-refractivity contribution in [3.63, 3.8) is 0 Å². The second-order valence-corrected chi connectivity index (χ2v) is 9.82. The van der Waals surface area contributed by atoms with Crippen LogP contribution in [0.3, 0.4) is 0 Å². The number of carbonyl (C=O) groups is 2. The van der Waals surface area contributed by atoms with Gasteiger partial charge in [-0.05, 0) is 60.1 Å². The van der Waals surface area contributed by atoms with E-state index in [0.717, 1.165) is 11.1 Å². The molecule has 2 amide bonds. The van der Waals surface area contributed by atoms with Crippen molar-refractivity contribution >= 4 is 23.5 Å². The van der Waals surface area contributed by atoms with E-state index in [1.807, 2.05) is 55.5 Å². The molecule has 4 atom stereocenters. The molecule has 0 radical (unpaired) electrons. The Kier molecular flexibility index (Phi) is 8.59. The highest BCUT2D eigenvalue weighted by atomic mass is 16.3. The van der Waals surface area contributed by atoms with E-state index in [0.29, 0.717) is 36.1 Å². The van der Waals surface area contributed by atoms with Crippen molar-refractivity contribution in [1.29, 1.82) is 0 Å². The number of imide groups is 1.